The second kappa shape index (κ2) is 32.2. The van der Waals surface area contributed by atoms with E-state index in [1.807, 2.05) is 0 Å². The van der Waals surface area contributed by atoms with E-state index in [1.165, 1.54) is 72.3 Å². The molecule has 0 aliphatic heterocycles. The summed E-state index contributed by atoms with van der Waals surface area (Å²) in [6.45, 7) is 17.7. The molecule has 0 aromatic heterocycles. The van der Waals surface area contributed by atoms with Gasteiger partial charge in [-0.2, -0.15) is 0 Å². The minimum atomic E-state index is -0.787. The van der Waals surface area contributed by atoms with Gasteiger partial charge in [-0.3, -0.25) is 28.8 Å². The molecule has 3 aliphatic carbocycles. The summed E-state index contributed by atoms with van der Waals surface area (Å²) in [5.41, 5.74) is 13.2. The zero-order chi connectivity index (χ0) is 65.4. The van der Waals surface area contributed by atoms with E-state index >= 15 is 0 Å². The van der Waals surface area contributed by atoms with E-state index in [2.05, 4.69) is 51.1 Å². The smallest absolute Gasteiger partial charge is 0.309 e. The van der Waals surface area contributed by atoms with Gasteiger partial charge in [0.1, 0.15) is 0 Å². The summed E-state index contributed by atoms with van der Waals surface area (Å²) in [5, 5.41) is 59.7. The SMILES string of the molecule is Cc1c(CCCCC2(C(=O)O)CC2)cc(Cc2c(CCCCCCC(C)(C)C(=O)O)cc(Cc3c(CCCCCCC(C)(C)C(=O)O)cccc3CCCCC3(C(=O)O)CC3)c(C)c2CCCCC2(C(=O)O)CC2)c(C)c1CCCCCCC(C)(C)C(=O)O. The fourth-order valence-electron chi connectivity index (χ4n) is 14.2. The van der Waals surface area contributed by atoms with Gasteiger partial charge in [0.05, 0.1) is 32.5 Å². The van der Waals surface area contributed by atoms with Crippen molar-refractivity contribution in [3.63, 3.8) is 0 Å². The molecule has 0 radical (unpaired) electrons. The molecule has 494 valence electrons. The Hall–Kier alpha value is -5.52. The zero-order valence-corrected chi connectivity index (χ0v) is 56.4. The maximum absolute atomic E-state index is 12.5. The number of unbranched alkanes of at least 4 members (excludes halogenated alkanes) is 12. The number of aryl methyl sites for hydroxylation is 4. The highest BCUT2D eigenvalue weighted by atomic mass is 16.4. The van der Waals surface area contributed by atoms with Gasteiger partial charge < -0.3 is 30.6 Å². The fourth-order valence-corrected chi connectivity index (χ4v) is 14.2. The van der Waals surface area contributed by atoms with Gasteiger partial charge in [0, 0.05) is 0 Å². The number of aliphatic carboxylic acids is 6. The number of benzene rings is 3. The number of hydrogen-bond acceptors (Lipinski definition) is 6. The van der Waals surface area contributed by atoms with Crippen LogP contribution in [-0.2, 0) is 80.1 Å². The van der Waals surface area contributed by atoms with Crippen molar-refractivity contribution in [2.75, 3.05) is 0 Å². The van der Waals surface area contributed by atoms with Gasteiger partial charge in [0.2, 0.25) is 0 Å². The maximum Gasteiger partial charge on any atom is 0.309 e. The van der Waals surface area contributed by atoms with Crippen molar-refractivity contribution in [1.29, 1.82) is 0 Å². The lowest BCUT2D eigenvalue weighted by molar-refractivity contribution is -0.148. The maximum atomic E-state index is 12.5. The number of carboxylic acids is 6. The van der Waals surface area contributed by atoms with Crippen LogP contribution in [0, 0.1) is 53.3 Å². The van der Waals surface area contributed by atoms with E-state index in [0.717, 1.165) is 205 Å². The van der Waals surface area contributed by atoms with Crippen LogP contribution in [0.15, 0.2) is 30.3 Å². The summed E-state index contributed by atoms with van der Waals surface area (Å²) in [6.07, 6.45) is 31.5. The molecule has 0 atom stereocenters. The second-order valence-electron chi connectivity index (χ2n) is 30.3. The van der Waals surface area contributed by atoms with Crippen molar-refractivity contribution in [3.8, 4) is 0 Å². The lowest BCUT2D eigenvalue weighted by Gasteiger charge is -2.25. The predicted octanol–water partition coefficient (Wildman–Crippen LogP) is 18.3. The first-order valence-corrected chi connectivity index (χ1v) is 34.7. The van der Waals surface area contributed by atoms with Gasteiger partial charge in [-0.15, -0.1) is 0 Å². The molecular weight excluding hydrogens is 1120 g/mol. The lowest BCUT2D eigenvalue weighted by atomic mass is 9.80. The molecule has 6 N–H and O–H groups in total. The van der Waals surface area contributed by atoms with Gasteiger partial charge >= 0.3 is 35.8 Å². The standard InChI is InChI=1S/C77H114O12/c1-53-58(31-20-26-41-76(45-46-76)70(86)87)49-60(54(2)62(53)35-18-12-15-24-39-74(8,9)68(82)83)52-65-59(32-17-11-14-23-38-73(6,7)67(80)81)50-61(55(3)63(65)36-21-27-42-77(47-48-77)71(88)89)51-64-56(29-16-10-13-22-37-72(4,5)66(78)79)33-28-34-57(64)30-19-25-40-75(43-44-75)69(84)85/h28,33-34,49-50H,10-27,29-32,35-48,51-52H2,1-9H3,(H,78,79)(H,80,81)(H,82,83)(H,84,85)(H,86,87)(H,88,89). The molecule has 12 heteroatoms. The highest BCUT2D eigenvalue weighted by Gasteiger charge is 2.51. The minimum Gasteiger partial charge on any atom is -0.481 e. The molecule has 3 aromatic rings. The summed E-state index contributed by atoms with van der Waals surface area (Å²) >= 11 is 0. The third-order valence-electron chi connectivity index (χ3n) is 22.0. The molecule has 3 fully saturated rings. The van der Waals surface area contributed by atoms with Crippen LogP contribution in [0.5, 0.6) is 0 Å². The topological polar surface area (TPSA) is 224 Å². The first kappa shape index (κ1) is 72.5. The van der Waals surface area contributed by atoms with Crippen LogP contribution < -0.4 is 0 Å². The van der Waals surface area contributed by atoms with Crippen LogP contribution in [-0.4, -0.2) is 66.5 Å². The number of rotatable bonds is 46. The second-order valence-corrected chi connectivity index (χ2v) is 30.3. The summed E-state index contributed by atoms with van der Waals surface area (Å²) in [4.78, 5) is 72.7. The Morgan fingerprint density at radius 2 is 0.629 bits per heavy atom. The van der Waals surface area contributed by atoms with Gasteiger partial charge in [-0.25, -0.2) is 0 Å². The molecule has 0 spiro atoms. The van der Waals surface area contributed by atoms with E-state index in [4.69, 9.17) is 0 Å². The van der Waals surface area contributed by atoms with Crippen molar-refractivity contribution in [1.82, 2.24) is 0 Å². The third-order valence-corrected chi connectivity index (χ3v) is 22.0. The Morgan fingerprint density at radius 3 is 1.01 bits per heavy atom. The zero-order valence-electron chi connectivity index (χ0n) is 56.4. The van der Waals surface area contributed by atoms with Crippen LogP contribution in [0.25, 0.3) is 0 Å². The molecule has 3 aromatic carbocycles. The fraction of sp³-hybridized carbons (Fsp3) is 0.688. The van der Waals surface area contributed by atoms with Gasteiger partial charge in [-0.1, -0.05) is 107 Å². The van der Waals surface area contributed by atoms with E-state index in [9.17, 15) is 59.4 Å². The summed E-state index contributed by atoms with van der Waals surface area (Å²) < 4.78 is 0. The van der Waals surface area contributed by atoms with Crippen LogP contribution in [0.4, 0.5) is 0 Å². The number of carboxylic acid groups (broad SMARTS) is 6. The van der Waals surface area contributed by atoms with Crippen LogP contribution >= 0.6 is 0 Å². The molecule has 6 rings (SSSR count). The van der Waals surface area contributed by atoms with Crippen LogP contribution in [0.1, 0.15) is 306 Å². The van der Waals surface area contributed by atoms with Crippen molar-refractivity contribution in [3.05, 3.63) is 103 Å². The highest BCUT2D eigenvalue weighted by Crippen LogP contribution is 2.52. The van der Waals surface area contributed by atoms with E-state index in [-0.39, 0.29) is 0 Å². The van der Waals surface area contributed by atoms with Crippen LogP contribution in [0.2, 0.25) is 0 Å². The number of carbonyl (C=O) groups is 6. The Morgan fingerprint density at radius 1 is 0.337 bits per heavy atom. The van der Waals surface area contributed by atoms with Crippen molar-refractivity contribution in [2.45, 2.75) is 306 Å². The molecule has 12 nitrogen and oxygen atoms in total. The average molecular weight is 1230 g/mol. The van der Waals surface area contributed by atoms with Crippen molar-refractivity contribution in [2.24, 2.45) is 32.5 Å². The first-order chi connectivity index (χ1) is 42.0. The molecule has 0 saturated heterocycles. The minimum absolute atomic E-state index is 0.563. The van der Waals surface area contributed by atoms with Crippen molar-refractivity contribution < 1.29 is 59.4 Å². The average Bonchev–Trinajstić information content (AvgIpc) is 3.58. The first-order valence-electron chi connectivity index (χ1n) is 34.7. The van der Waals surface area contributed by atoms with Crippen molar-refractivity contribution >= 4 is 35.8 Å². The highest BCUT2D eigenvalue weighted by molar-refractivity contribution is 5.79. The monoisotopic (exact) mass is 1230 g/mol. The van der Waals surface area contributed by atoms with Crippen LogP contribution in [0.3, 0.4) is 0 Å². The molecule has 0 bridgehead atoms. The molecule has 0 unspecified atom stereocenters. The van der Waals surface area contributed by atoms with Gasteiger partial charge in [0.25, 0.3) is 0 Å². The molecule has 89 heavy (non-hydrogen) atoms. The third kappa shape index (κ3) is 20.5. The molecular formula is C77H114O12. The Balaban J connectivity index is 1.41. The van der Waals surface area contributed by atoms with E-state index in [1.54, 1.807) is 41.5 Å². The van der Waals surface area contributed by atoms with E-state index in [0.29, 0.717) is 38.5 Å². The van der Waals surface area contributed by atoms with Gasteiger partial charge in [0.15, 0.2) is 0 Å². The molecule has 3 saturated carbocycles. The van der Waals surface area contributed by atoms with Gasteiger partial charge in [-0.05, 0) is 302 Å². The normalized spacial score (nSPS) is 15.7. The summed E-state index contributed by atoms with van der Waals surface area (Å²) in [5.74, 6) is -4.34. The molecule has 0 amide bonds. The Kier molecular flexibility index (Phi) is 26.2. The quantitative estimate of drug-likeness (QED) is 0.0291. The summed E-state index contributed by atoms with van der Waals surface area (Å²) in [6, 6.07) is 11.7. The predicted molar refractivity (Wildman–Crippen MR) is 354 cm³/mol. The van der Waals surface area contributed by atoms with E-state index < -0.39 is 68.3 Å². The Bertz CT molecular complexity index is 2930. The summed E-state index contributed by atoms with van der Waals surface area (Å²) in [7, 11) is 0. The number of hydrogen-bond donors (Lipinski definition) is 6. The molecule has 3 aliphatic rings. The molecule has 0 heterocycles. The largest absolute Gasteiger partial charge is 0.481 e. The Labute approximate surface area is 534 Å². The lowest BCUT2D eigenvalue weighted by Crippen LogP contribution is -2.23.